The van der Waals surface area contributed by atoms with Crippen LogP contribution in [0.3, 0.4) is 0 Å². The summed E-state index contributed by atoms with van der Waals surface area (Å²) in [5.41, 5.74) is 3.55. The molecule has 27 heavy (non-hydrogen) atoms. The smallest absolute Gasteiger partial charge is 0.263 e. The fourth-order valence-corrected chi connectivity index (χ4v) is 2.60. The summed E-state index contributed by atoms with van der Waals surface area (Å²) in [4.78, 5) is 15.0. The molecule has 1 N–H and O–H groups in total. The van der Waals surface area contributed by atoms with Crippen molar-refractivity contribution in [3.05, 3.63) is 67.1 Å². The molecule has 134 valence electrons. The molecule has 4 aromatic rings. The average Bonchev–Trinajstić information content (AvgIpc) is 3.19. The molecule has 2 heterocycles. The van der Waals surface area contributed by atoms with Crippen LogP contribution in [0.1, 0.15) is 0 Å². The van der Waals surface area contributed by atoms with Crippen LogP contribution < -0.4 is 10.2 Å². The van der Waals surface area contributed by atoms with E-state index in [1.165, 1.54) is 6.33 Å². The number of hydrogen-bond donors (Lipinski definition) is 1. The van der Waals surface area contributed by atoms with Crippen LogP contribution in [0.4, 0.5) is 17.2 Å². The zero-order valence-corrected chi connectivity index (χ0v) is 15.0. The summed E-state index contributed by atoms with van der Waals surface area (Å²) in [6, 6.07) is 17.7. The van der Waals surface area contributed by atoms with Crippen LogP contribution in [0.5, 0.6) is 0 Å². The van der Waals surface area contributed by atoms with E-state index in [2.05, 4.69) is 25.4 Å². The third kappa shape index (κ3) is 3.62. The van der Waals surface area contributed by atoms with Crippen LogP contribution in [0.25, 0.3) is 22.8 Å². The summed E-state index contributed by atoms with van der Waals surface area (Å²) in [5.74, 6) is 1.49. The van der Waals surface area contributed by atoms with Gasteiger partial charge in [-0.25, -0.2) is 9.97 Å². The van der Waals surface area contributed by atoms with E-state index in [1.54, 1.807) is 6.20 Å². The monoisotopic (exact) mass is 358 g/mol. The van der Waals surface area contributed by atoms with Crippen molar-refractivity contribution < 1.29 is 4.52 Å². The minimum atomic E-state index is 0.363. The first kappa shape index (κ1) is 16.7. The third-order valence-electron chi connectivity index (χ3n) is 4.05. The maximum atomic E-state index is 5.45. The fourth-order valence-electron chi connectivity index (χ4n) is 2.60. The van der Waals surface area contributed by atoms with Crippen molar-refractivity contribution >= 4 is 17.2 Å². The first-order valence-corrected chi connectivity index (χ1v) is 8.44. The highest BCUT2D eigenvalue weighted by atomic mass is 16.5. The summed E-state index contributed by atoms with van der Waals surface area (Å²) in [6.45, 7) is 0. The molecule has 0 radical (unpaired) electrons. The van der Waals surface area contributed by atoms with Crippen LogP contribution >= 0.6 is 0 Å². The molecule has 4 rings (SSSR count). The summed E-state index contributed by atoms with van der Waals surface area (Å²) >= 11 is 0. The van der Waals surface area contributed by atoms with Gasteiger partial charge in [0.05, 0.1) is 0 Å². The minimum absolute atomic E-state index is 0.363. The number of nitrogens with one attached hydrogen (secondary N) is 1. The van der Waals surface area contributed by atoms with Gasteiger partial charge in [-0.3, -0.25) is 0 Å². The van der Waals surface area contributed by atoms with Crippen molar-refractivity contribution in [2.75, 3.05) is 24.3 Å². The maximum Gasteiger partial charge on any atom is 0.263 e. The lowest BCUT2D eigenvalue weighted by Gasteiger charge is -2.13. The third-order valence-corrected chi connectivity index (χ3v) is 4.05. The van der Waals surface area contributed by atoms with Crippen molar-refractivity contribution in [1.82, 2.24) is 20.1 Å². The molecule has 0 aliphatic heterocycles. The summed E-state index contributed by atoms with van der Waals surface area (Å²) in [6.07, 6.45) is 3.14. The molecule has 0 bridgehead atoms. The molecular formula is C20H18N6O. The highest BCUT2D eigenvalue weighted by molar-refractivity contribution is 5.74. The Kier molecular flexibility index (Phi) is 4.49. The summed E-state index contributed by atoms with van der Waals surface area (Å²) in [7, 11) is 4.01. The highest BCUT2D eigenvalue weighted by Gasteiger charge is 2.15. The van der Waals surface area contributed by atoms with Crippen LogP contribution in [0.2, 0.25) is 0 Å². The number of aromatic nitrogens is 4. The molecule has 2 aromatic heterocycles. The van der Waals surface area contributed by atoms with E-state index < -0.39 is 0 Å². The molecule has 0 aliphatic rings. The van der Waals surface area contributed by atoms with Crippen molar-refractivity contribution in [1.29, 1.82) is 0 Å². The number of rotatable bonds is 5. The van der Waals surface area contributed by atoms with E-state index in [0.29, 0.717) is 23.1 Å². The lowest BCUT2D eigenvalue weighted by molar-refractivity contribution is 0.432. The topological polar surface area (TPSA) is 80.0 Å². The van der Waals surface area contributed by atoms with Crippen molar-refractivity contribution in [2.24, 2.45) is 0 Å². The predicted octanol–water partition coefficient (Wildman–Crippen LogP) is 4.00. The van der Waals surface area contributed by atoms with Crippen LogP contribution in [0.15, 0.2) is 71.6 Å². The lowest BCUT2D eigenvalue weighted by atomic mass is 10.2. The van der Waals surface area contributed by atoms with E-state index in [1.807, 2.05) is 73.6 Å². The second-order valence-corrected chi connectivity index (χ2v) is 6.14. The zero-order valence-electron chi connectivity index (χ0n) is 15.0. The van der Waals surface area contributed by atoms with Gasteiger partial charge in [0.2, 0.25) is 5.82 Å². The molecule has 0 spiro atoms. The van der Waals surface area contributed by atoms with Gasteiger partial charge >= 0.3 is 0 Å². The van der Waals surface area contributed by atoms with Gasteiger partial charge in [0.15, 0.2) is 0 Å². The molecule has 0 atom stereocenters. The number of anilines is 3. The molecule has 7 nitrogen and oxygen atoms in total. The van der Waals surface area contributed by atoms with E-state index >= 15 is 0 Å². The average molecular weight is 358 g/mol. The minimum Gasteiger partial charge on any atom is -0.378 e. The molecule has 0 unspecified atom stereocenters. The second kappa shape index (κ2) is 7.25. The normalized spacial score (nSPS) is 10.6. The Morgan fingerprint density at radius 1 is 0.963 bits per heavy atom. The molecule has 0 aliphatic carbocycles. The first-order chi connectivity index (χ1) is 13.2. The van der Waals surface area contributed by atoms with Gasteiger partial charge in [-0.15, -0.1) is 0 Å². The van der Waals surface area contributed by atoms with Crippen molar-refractivity contribution in [2.45, 2.75) is 0 Å². The predicted molar refractivity (Wildman–Crippen MR) is 105 cm³/mol. The molecule has 0 saturated carbocycles. The van der Waals surface area contributed by atoms with Gasteiger partial charge in [-0.2, -0.15) is 4.98 Å². The first-order valence-electron chi connectivity index (χ1n) is 8.44. The zero-order chi connectivity index (χ0) is 18.6. The molecule has 0 fully saturated rings. The Morgan fingerprint density at radius 3 is 2.48 bits per heavy atom. The van der Waals surface area contributed by atoms with Crippen LogP contribution in [-0.2, 0) is 0 Å². The Balaban J connectivity index is 1.63. The quantitative estimate of drug-likeness (QED) is 0.577. The largest absolute Gasteiger partial charge is 0.378 e. The maximum absolute atomic E-state index is 5.45. The van der Waals surface area contributed by atoms with Gasteiger partial charge < -0.3 is 14.7 Å². The SMILES string of the molecule is CN(C)c1ccc(Nc2ncncc2-c2nc(-c3ccccc3)no2)cc1. The fraction of sp³-hybridized carbons (Fsp3) is 0.100. The van der Waals surface area contributed by atoms with E-state index in [4.69, 9.17) is 4.52 Å². The van der Waals surface area contributed by atoms with Gasteiger partial charge in [0, 0.05) is 37.2 Å². The Morgan fingerprint density at radius 2 is 1.74 bits per heavy atom. The van der Waals surface area contributed by atoms with Gasteiger partial charge in [-0.1, -0.05) is 35.5 Å². The molecule has 0 amide bonds. The number of nitrogens with zero attached hydrogens (tertiary/aromatic N) is 5. The second-order valence-electron chi connectivity index (χ2n) is 6.14. The van der Waals surface area contributed by atoms with E-state index in [9.17, 15) is 0 Å². The number of benzene rings is 2. The number of hydrogen-bond acceptors (Lipinski definition) is 7. The standard InChI is InChI=1S/C20H18N6O/c1-26(2)16-10-8-15(9-11-16)23-19-17(12-21-13-22-19)20-24-18(25-27-20)14-6-4-3-5-7-14/h3-13H,1-2H3,(H,21,22,23). The molecule has 7 heteroatoms. The molecule has 2 aromatic carbocycles. The van der Waals surface area contributed by atoms with E-state index in [-0.39, 0.29) is 0 Å². The highest BCUT2D eigenvalue weighted by Crippen LogP contribution is 2.28. The van der Waals surface area contributed by atoms with E-state index in [0.717, 1.165) is 16.9 Å². The summed E-state index contributed by atoms with van der Waals surface area (Å²) in [5, 5.41) is 7.36. The van der Waals surface area contributed by atoms with Gasteiger partial charge in [-0.05, 0) is 24.3 Å². The van der Waals surface area contributed by atoms with Crippen molar-refractivity contribution in [3.8, 4) is 22.8 Å². The Labute approximate surface area is 156 Å². The Bertz CT molecular complexity index is 1030. The van der Waals surface area contributed by atoms with Crippen molar-refractivity contribution in [3.63, 3.8) is 0 Å². The van der Waals surface area contributed by atoms with Crippen LogP contribution in [0, 0.1) is 0 Å². The molecular weight excluding hydrogens is 340 g/mol. The van der Waals surface area contributed by atoms with Gasteiger partial charge in [0.1, 0.15) is 17.7 Å². The van der Waals surface area contributed by atoms with Crippen LogP contribution in [-0.4, -0.2) is 34.2 Å². The lowest BCUT2D eigenvalue weighted by Crippen LogP contribution is -2.08. The molecule has 0 saturated heterocycles. The summed E-state index contributed by atoms with van der Waals surface area (Å²) < 4.78 is 5.45. The Hall–Kier alpha value is -3.74. The van der Waals surface area contributed by atoms with Gasteiger partial charge in [0.25, 0.3) is 5.89 Å².